The second-order valence-corrected chi connectivity index (χ2v) is 4.80. The smallest absolute Gasteiger partial charge is 0.545 e. The van der Waals surface area contributed by atoms with Crippen molar-refractivity contribution >= 4 is 11.9 Å². The SMILES string of the molecule is CCC[N+](CC)(CCC)CCC.O=C([O-])/C=C/C(=O)[O-].[K+]. The molecule has 0 amide bonds. The second kappa shape index (κ2) is 16.6. The predicted octanol–water partition coefficient (Wildman–Crippen LogP) is -2.90. The van der Waals surface area contributed by atoms with Crippen LogP contribution in [0.2, 0.25) is 0 Å². The standard InChI is InChI=1S/C11H26N.C4H4O4.K/c1-5-9-12(8-4,10-6-2)11-7-3;5-3(6)1-2-4(7)8;/h5-11H2,1-4H3;1-2H,(H,5,6)(H,7,8);/q+1;;+1/p-2/b;2-1+;. The van der Waals surface area contributed by atoms with Gasteiger partial charge < -0.3 is 24.3 Å². The van der Waals surface area contributed by atoms with Crippen molar-refractivity contribution in [1.29, 1.82) is 0 Å². The fourth-order valence-electron chi connectivity index (χ4n) is 2.37. The van der Waals surface area contributed by atoms with Gasteiger partial charge in [-0.15, -0.1) is 0 Å². The molecule has 0 bridgehead atoms. The molecule has 0 aromatic carbocycles. The summed E-state index contributed by atoms with van der Waals surface area (Å²) in [5.74, 6) is -3.09. The molecule has 0 radical (unpaired) electrons. The van der Waals surface area contributed by atoms with Crippen molar-refractivity contribution in [2.75, 3.05) is 26.2 Å². The number of quaternary nitrogens is 1. The van der Waals surface area contributed by atoms with Crippen molar-refractivity contribution < 1.29 is 75.7 Å². The van der Waals surface area contributed by atoms with E-state index in [1.54, 1.807) is 0 Å². The summed E-state index contributed by atoms with van der Waals surface area (Å²) < 4.78 is 1.35. The predicted molar refractivity (Wildman–Crippen MR) is 75.4 cm³/mol. The first-order chi connectivity index (χ1) is 9.37. The maximum absolute atomic E-state index is 9.41. The fourth-order valence-corrected chi connectivity index (χ4v) is 2.37. The molecule has 0 aliphatic carbocycles. The quantitative estimate of drug-likeness (QED) is 0.259. The summed E-state index contributed by atoms with van der Waals surface area (Å²) in [7, 11) is 0. The van der Waals surface area contributed by atoms with E-state index in [2.05, 4.69) is 27.7 Å². The van der Waals surface area contributed by atoms with Crippen LogP contribution < -0.4 is 61.6 Å². The van der Waals surface area contributed by atoms with E-state index in [0.717, 1.165) is 0 Å². The molecule has 0 saturated carbocycles. The molecule has 0 spiro atoms. The van der Waals surface area contributed by atoms with Gasteiger partial charge in [0.15, 0.2) is 0 Å². The second-order valence-electron chi connectivity index (χ2n) is 4.80. The van der Waals surface area contributed by atoms with Crippen LogP contribution in [0.15, 0.2) is 12.2 Å². The minimum Gasteiger partial charge on any atom is -0.545 e. The van der Waals surface area contributed by atoms with E-state index >= 15 is 0 Å². The molecule has 0 aromatic rings. The number of carboxylic acid groups (broad SMARTS) is 2. The van der Waals surface area contributed by atoms with E-state index in [0.29, 0.717) is 12.2 Å². The summed E-state index contributed by atoms with van der Waals surface area (Å²) in [5.41, 5.74) is 0. The number of aliphatic carboxylic acids is 2. The zero-order valence-corrected chi connectivity index (χ0v) is 17.3. The molecule has 0 unspecified atom stereocenters. The third-order valence-corrected chi connectivity index (χ3v) is 3.12. The number of carboxylic acids is 2. The van der Waals surface area contributed by atoms with Gasteiger partial charge in [-0.05, 0) is 38.3 Å². The third kappa shape index (κ3) is 16.5. The van der Waals surface area contributed by atoms with Crippen LogP contribution in [0.5, 0.6) is 0 Å². The number of nitrogens with zero attached hydrogens (tertiary/aromatic N) is 1. The molecule has 0 rings (SSSR count). The van der Waals surface area contributed by atoms with Crippen LogP contribution in [0.1, 0.15) is 47.0 Å². The number of carbonyl (C=O) groups excluding carboxylic acids is 2. The van der Waals surface area contributed by atoms with Crippen LogP contribution in [-0.2, 0) is 9.59 Å². The molecule has 118 valence electrons. The monoisotopic (exact) mass is 325 g/mol. The largest absolute Gasteiger partial charge is 1.00 e. The Kier molecular flexibility index (Phi) is 20.8. The minimum atomic E-state index is -1.55. The summed E-state index contributed by atoms with van der Waals surface area (Å²) in [5, 5.41) is 18.8. The first-order valence-corrected chi connectivity index (χ1v) is 7.32. The van der Waals surface area contributed by atoms with E-state index < -0.39 is 11.9 Å². The van der Waals surface area contributed by atoms with Crippen molar-refractivity contribution in [3.8, 4) is 0 Å². The first kappa shape index (κ1) is 26.2. The molecule has 0 fully saturated rings. The van der Waals surface area contributed by atoms with Gasteiger partial charge in [0.25, 0.3) is 0 Å². The van der Waals surface area contributed by atoms with Gasteiger partial charge in [0.1, 0.15) is 0 Å². The van der Waals surface area contributed by atoms with Crippen LogP contribution in [0, 0.1) is 0 Å². The Hall–Kier alpha value is 0.276. The van der Waals surface area contributed by atoms with Crippen molar-refractivity contribution in [2.45, 2.75) is 47.0 Å². The Morgan fingerprint density at radius 1 is 0.810 bits per heavy atom. The summed E-state index contributed by atoms with van der Waals surface area (Å²) in [6.07, 6.45) is 4.75. The van der Waals surface area contributed by atoms with Gasteiger partial charge in [0.2, 0.25) is 0 Å². The van der Waals surface area contributed by atoms with Gasteiger partial charge in [0.05, 0.1) is 38.1 Å². The number of hydrogen-bond donors (Lipinski definition) is 0. The Morgan fingerprint density at radius 2 is 1.10 bits per heavy atom. The maximum atomic E-state index is 9.41. The van der Waals surface area contributed by atoms with E-state index in [1.165, 1.54) is 49.9 Å². The molecule has 21 heavy (non-hydrogen) atoms. The Bertz CT molecular complexity index is 273. The minimum absolute atomic E-state index is 0. The van der Waals surface area contributed by atoms with Crippen molar-refractivity contribution in [1.82, 2.24) is 0 Å². The van der Waals surface area contributed by atoms with Crippen molar-refractivity contribution in [2.24, 2.45) is 0 Å². The molecule has 0 heterocycles. The van der Waals surface area contributed by atoms with E-state index in [4.69, 9.17) is 0 Å². The molecule has 5 nitrogen and oxygen atoms in total. The Morgan fingerprint density at radius 3 is 1.24 bits per heavy atom. The van der Waals surface area contributed by atoms with Gasteiger partial charge in [-0.2, -0.15) is 0 Å². The fraction of sp³-hybridized carbons (Fsp3) is 0.733. The Labute approximate surface area is 171 Å². The molecule has 0 N–H and O–H groups in total. The number of hydrogen-bond acceptors (Lipinski definition) is 4. The summed E-state index contributed by atoms with van der Waals surface area (Å²) in [6, 6.07) is 0. The molecule has 0 aliphatic rings. The molecule has 0 saturated heterocycles. The third-order valence-electron chi connectivity index (χ3n) is 3.12. The summed E-state index contributed by atoms with van der Waals surface area (Å²) in [4.78, 5) is 18.8. The summed E-state index contributed by atoms with van der Waals surface area (Å²) >= 11 is 0. The molecular formula is C15H28KNO4. The topological polar surface area (TPSA) is 80.3 Å². The maximum Gasteiger partial charge on any atom is 1.00 e. The van der Waals surface area contributed by atoms with E-state index in [1.807, 2.05) is 0 Å². The van der Waals surface area contributed by atoms with Gasteiger partial charge in [0, 0.05) is 0 Å². The zero-order chi connectivity index (χ0) is 16.0. The molecular weight excluding hydrogens is 297 g/mol. The van der Waals surface area contributed by atoms with Crippen LogP contribution in [0.4, 0.5) is 0 Å². The first-order valence-electron chi connectivity index (χ1n) is 7.32. The van der Waals surface area contributed by atoms with Gasteiger partial charge in [-0.25, -0.2) is 0 Å². The van der Waals surface area contributed by atoms with Gasteiger partial charge >= 0.3 is 51.4 Å². The van der Waals surface area contributed by atoms with Crippen LogP contribution >= 0.6 is 0 Å². The van der Waals surface area contributed by atoms with Gasteiger partial charge in [-0.1, -0.05) is 20.8 Å². The average molecular weight is 325 g/mol. The molecule has 0 atom stereocenters. The van der Waals surface area contributed by atoms with Crippen molar-refractivity contribution in [3.05, 3.63) is 12.2 Å². The summed E-state index contributed by atoms with van der Waals surface area (Å²) in [6.45, 7) is 14.7. The normalized spacial score (nSPS) is 10.5. The van der Waals surface area contributed by atoms with E-state index in [-0.39, 0.29) is 51.4 Å². The molecule has 0 aromatic heterocycles. The number of rotatable bonds is 9. The van der Waals surface area contributed by atoms with E-state index in [9.17, 15) is 19.8 Å². The van der Waals surface area contributed by atoms with Crippen LogP contribution in [-0.4, -0.2) is 42.6 Å². The molecule has 6 heteroatoms. The Balaban J connectivity index is -0.000000317. The van der Waals surface area contributed by atoms with Gasteiger partial charge in [-0.3, -0.25) is 0 Å². The average Bonchev–Trinajstić information content (AvgIpc) is 2.38. The van der Waals surface area contributed by atoms with Crippen LogP contribution in [0.25, 0.3) is 0 Å². The van der Waals surface area contributed by atoms with Crippen LogP contribution in [0.3, 0.4) is 0 Å². The van der Waals surface area contributed by atoms with Crippen molar-refractivity contribution in [3.63, 3.8) is 0 Å². The number of carbonyl (C=O) groups is 2. The molecule has 0 aliphatic heterocycles. The zero-order valence-electron chi connectivity index (χ0n) is 14.2.